The minimum atomic E-state index is -0.215. The summed E-state index contributed by atoms with van der Waals surface area (Å²) in [7, 11) is 0. The van der Waals surface area contributed by atoms with Crippen LogP contribution in [-0.4, -0.2) is 44.5 Å². The van der Waals surface area contributed by atoms with Crippen LogP contribution in [0.4, 0.5) is 5.69 Å². The highest BCUT2D eigenvalue weighted by molar-refractivity contribution is 7.99. The zero-order valence-corrected chi connectivity index (χ0v) is 16.2. The number of carbonyl (C=O) groups excluding carboxylic acids is 1. The van der Waals surface area contributed by atoms with E-state index in [1.165, 1.54) is 11.8 Å². The van der Waals surface area contributed by atoms with Crippen molar-refractivity contribution in [3.63, 3.8) is 0 Å². The molecular formula is C17H16ClN5O3S. The summed E-state index contributed by atoms with van der Waals surface area (Å²) in [5.41, 5.74) is 2.31. The van der Waals surface area contributed by atoms with Crippen molar-refractivity contribution in [2.24, 2.45) is 0 Å². The Morgan fingerprint density at radius 1 is 1.22 bits per heavy atom. The molecule has 0 atom stereocenters. The van der Waals surface area contributed by atoms with E-state index in [9.17, 15) is 4.79 Å². The van der Waals surface area contributed by atoms with E-state index in [4.69, 9.17) is 21.1 Å². The number of anilines is 1. The van der Waals surface area contributed by atoms with E-state index in [1.54, 1.807) is 12.1 Å². The lowest BCUT2D eigenvalue weighted by Gasteiger charge is -2.20. The lowest BCUT2D eigenvalue weighted by atomic mass is 10.2. The molecule has 140 valence electrons. The number of benzene rings is 1. The molecule has 3 heterocycles. The average molecular weight is 406 g/mol. The SMILES string of the molecule is Cc1cc(C)n2c(SCC(=O)Nc3cc4c(cc3Cl)OCCO4)nnc2n1. The largest absolute Gasteiger partial charge is 0.486 e. The van der Waals surface area contributed by atoms with Gasteiger partial charge in [-0.1, -0.05) is 23.4 Å². The molecule has 0 saturated carbocycles. The van der Waals surface area contributed by atoms with E-state index in [0.29, 0.717) is 46.4 Å². The molecule has 1 N–H and O–H groups in total. The molecule has 10 heteroatoms. The maximum Gasteiger partial charge on any atom is 0.256 e. The number of nitrogens with zero attached hydrogens (tertiary/aromatic N) is 4. The van der Waals surface area contributed by atoms with Crippen molar-refractivity contribution in [3.8, 4) is 11.5 Å². The third-order valence-electron chi connectivity index (χ3n) is 3.90. The zero-order valence-electron chi connectivity index (χ0n) is 14.7. The second-order valence-electron chi connectivity index (χ2n) is 5.97. The number of carbonyl (C=O) groups is 1. The molecule has 0 radical (unpaired) electrons. The second-order valence-corrected chi connectivity index (χ2v) is 7.32. The zero-order chi connectivity index (χ0) is 19.0. The first-order valence-electron chi connectivity index (χ1n) is 8.22. The van der Waals surface area contributed by atoms with E-state index in [-0.39, 0.29) is 11.7 Å². The third kappa shape index (κ3) is 3.65. The van der Waals surface area contributed by atoms with Gasteiger partial charge in [0.25, 0.3) is 5.78 Å². The summed E-state index contributed by atoms with van der Waals surface area (Å²) >= 11 is 7.50. The second kappa shape index (κ2) is 7.24. The number of aromatic nitrogens is 4. The van der Waals surface area contributed by atoms with Crippen molar-refractivity contribution in [3.05, 3.63) is 34.6 Å². The number of thioether (sulfide) groups is 1. The number of nitrogens with one attached hydrogen (secondary N) is 1. The van der Waals surface area contributed by atoms with Gasteiger partial charge in [-0.15, -0.1) is 10.2 Å². The van der Waals surface area contributed by atoms with Crippen molar-refractivity contribution >= 4 is 40.7 Å². The Morgan fingerprint density at radius 2 is 1.96 bits per heavy atom. The van der Waals surface area contributed by atoms with Gasteiger partial charge in [0.1, 0.15) is 13.2 Å². The minimum Gasteiger partial charge on any atom is -0.486 e. The Labute approximate surface area is 164 Å². The number of hydrogen-bond acceptors (Lipinski definition) is 7. The maximum atomic E-state index is 12.4. The highest BCUT2D eigenvalue weighted by Crippen LogP contribution is 2.38. The average Bonchev–Trinajstić information content (AvgIpc) is 3.03. The highest BCUT2D eigenvalue weighted by atomic mass is 35.5. The summed E-state index contributed by atoms with van der Waals surface area (Å²) < 4.78 is 12.8. The van der Waals surface area contributed by atoms with Crippen LogP contribution in [0.2, 0.25) is 5.02 Å². The van der Waals surface area contributed by atoms with E-state index in [1.807, 2.05) is 24.3 Å². The summed E-state index contributed by atoms with van der Waals surface area (Å²) in [5, 5.41) is 12.0. The van der Waals surface area contributed by atoms with Crippen LogP contribution in [0.15, 0.2) is 23.4 Å². The number of halogens is 1. The lowest BCUT2D eigenvalue weighted by Crippen LogP contribution is -2.17. The first-order valence-corrected chi connectivity index (χ1v) is 9.59. The monoisotopic (exact) mass is 405 g/mol. The first-order chi connectivity index (χ1) is 13.0. The topological polar surface area (TPSA) is 90.6 Å². The molecule has 0 fully saturated rings. The molecule has 27 heavy (non-hydrogen) atoms. The molecule has 1 aliphatic rings. The molecule has 0 aliphatic carbocycles. The van der Waals surface area contributed by atoms with E-state index >= 15 is 0 Å². The molecule has 1 amide bonds. The number of hydrogen-bond donors (Lipinski definition) is 1. The molecular weight excluding hydrogens is 390 g/mol. The number of amides is 1. The maximum absolute atomic E-state index is 12.4. The number of ether oxygens (including phenoxy) is 2. The molecule has 0 saturated heterocycles. The van der Waals surface area contributed by atoms with Gasteiger partial charge >= 0.3 is 0 Å². The van der Waals surface area contributed by atoms with Gasteiger partial charge in [0.2, 0.25) is 5.91 Å². The van der Waals surface area contributed by atoms with Gasteiger partial charge in [0, 0.05) is 23.5 Å². The van der Waals surface area contributed by atoms with Crippen LogP contribution in [0, 0.1) is 13.8 Å². The summed E-state index contributed by atoms with van der Waals surface area (Å²) in [6.45, 7) is 4.79. The molecule has 0 unspecified atom stereocenters. The smallest absolute Gasteiger partial charge is 0.256 e. The molecule has 1 aromatic carbocycles. The van der Waals surface area contributed by atoms with Crippen LogP contribution in [0.3, 0.4) is 0 Å². The molecule has 1 aliphatic heterocycles. The number of rotatable bonds is 4. The van der Waals surface area contributed by atoms with Gasteiger partial charge in [-0.25, -0.2) is 4.98 Å². The fraction of sp³-hybridized carbons (Fsp3) is 0.294. The quantitative estimate of drug-likeness (QED) is 0.667. The Bertz CT molecular complexity index is 1040. The standard InChI is InChI=1S/C17H16ClN5O3S/c1-9-5-10(2)23-16(19-9)21-22-17(23)27-8-15(24)20-12-7-14-13(6-11(12)18)25-3-4-26-14/h5-7H,3-4,8H2,1-2H3,(H,20,24). The fourth-order valence-corrected chi connectivity index (χ4v) is 3.76. The molecule has 0 spiro atoms. The predicted octanol–water partition coefficient (Wildman–Crippen LogP) is 2.90. The van der Waals surface area contributed by atoms with E-state index in [0.717, 1.165) is 11.4 Å². The van der Waals surface area contributed by atoms with Crippen LogP contribution in [0.5, 0.6) is 11.5 Å². The van der Waals surface area contributed by atoms with Crippen molar-refractivity contribution in [2.45, 2.75) is 19.0 Å². The van der Waals surface area contributed by atoms with Gasteiger partial charge in [-0.3, -0.25) is 9.20 Å². The third-order valence-corrected chi connectivity index (χ3v) is 5.14. The number of aryl methyl sites for hydroxylation is 2. The van der Waals surface area contributed by atoms with Crippen LogP contribution < -0.4 is 14.8 Å². The van der Waals surface area contributed by atoms with Crippen LogP contribution in [0.1, 0.15) is 11.4 Å². The summed E-state index contributed by atoms with van der Waals surface area (Å²) in [6, 6.07) is 5.25. The van der Waals surface area contributed by atoms with Gasteiger partial charge in [-0.05, 0) is 19.9 Å². The molecule has 4 rings (SSSR count). The summed E-state index contributed by atoms with van der Waals surface area (Å²) in [6.07, 6.45) is 0. The van der Waals surface area contributed by atoms with Crippen molar-refractivity contribution in [1.29, 1.82) is 0 Å². The highest BCUT2D eigenvalue weighted by Gasteiger charge is 2.17. The Balaban J connectivity index is 1.46. The minimum absolute atomic E-state index is 0.152. The van der Waals surface area contributed by atoms with Crippen molar-refractivity contribution < 1.29 is 14.3 Å². The van der Waals surface area contributed by atoms with E-state index < -0.39 is 0 Å². The Morgan fingerprint density at radius 3 is 2.74 bits per heavy atom. The molecule has 3 aromatic rings. The Kier molecular flexibility index (Phi) is 4.79. The van der Waals surface area contributed by atoms with Gasteiger partial charge in [-0.2, -0.15) is 0 Å². The summed E-state index contributed by atoms with van der Waals surface area (Å²) in [5.74, 6) is 1.60. The van der Waals surface area contributed by atoms with Crippen molar-refractivity contribution in [2.75, 3.05) is 24.3 Å². The van der Waals surface area contributed by atoms with Gasteiger partial charge in [0.15, 0.2) is 16.7 Å². The van der Waals surface area contributed by atoms with Crippen LogP contribution in [0.25, 0.3) is 5.78 Å². The van der Waals surface area contributed by atoms with E-state index in [2.05, 4.69) is 20.5 Å². The molecule has 8 nitrogen and oxygen atoms in total. The molecule has 0 bridgehead atoms. The number of fused-ring (bicyclic) bond motifs is 2. The Hall–Kier alpha value is -2.52. The van der Waals surface area contributed by atoms with Crippen LogP contribution in [-0.2, 0) is 4.79 Å². The van der Waals surface area contributed by atoms with Gasteiger partial charge < -0.3 is 14.8 Å². The predicted molar refractivity (Wildman–Crippen MR) is 102 cm³/mol. The fourth-order valence-electron chi connectivity index (χ4n) is 2.77. The summed E-state index contributed by atoms with van der Waals surface area (Å²) in [4.78, 5) is 16.7. The normalized spacial score (nSPS) is 13.0. The molecule has 2 aromatic heterocycles. The van der Waals surface area contributed by atoms with Crippen LogP contribution >= 0.6 is 23.4 Å². The first kappa shape index (κ1) is 17.9. The van der Waals surface area contributed by atoms with Gasteiger partial charge in [0.05, 0.1) is 16.5 Å². The van der Waals surface area contributed by atoms with Crippen molar-refractivity contribution in [1.82, 2.24) is 19.6 Å². The lowest BCUT2D eigenvalue weighted by molar-refractivity contribution is -0.113.